The topological polar surface area (TPSA) is 24.7 Å². The quantitative estimate of drug-likeness (QED) is 0.245. The fourth-order valence-electron chi connectivity index (χ4n) is 2.98. The summed E-state index contributed by atoms with van der Waals surface area (Å²) >= 11 is 24.2. The van der Waals surface area contributed by atoms with Crippen LogP contribution in [0.1, 0.15) is 11.1 Å². The van der Waals surface area contributed by atoms with E-state index in [4.69, 9.17) is 46.4 Å². The Morgan fingerprint density at radius 1 is 0.469 bits per heavy atom. The highest BCUT2D eigenvalue weighted by atomic mass is 35.5. The summed E-state index contributed by atoms with van der Waals surface area (Å²) in [5.41, 5.74) is 5.48. The minimum Gasteiger partial charge on any atom is -0.256 e. The van der Waals surface area contributed by atoms with E-state index in [-0.39, 0.29) is 0 Å². The van der Waals surface area contributed by atoms with Gasteiger partial charge in [0.05, 0.1) is 21.4 Å². The maximum absolute atomic E-state index is 6.19. The van der Waals surface area contributed by atoms with Gasteiger partial charge in [0.2, 0.25) is 0 Å². The molecule has 0 amide bonds. The molecule has 0 aromatic heterocycles. The number of halogens is 4. The van der Waals surface area contributed by atoms with Gasteiger partial charge in [-0.25, -0.2) is 0 Å². The van der Waals surface area contributed by atoms with Crippen LogP contribution in [-0.4, -0.2) is 12.4 Å². The predicted molar refractivity (Wildman–Crippen MR) is 139 cm³/mol. The zero-order valence-electron chi connectivity index (χ0n) is 16.6. The van der Waals surface area contributed by atoms with Crippen LogP contribution in [0.5, 0.6) is 0 Å². The Kier molecular flexibility index (Phi) is 7.29. The molecule has 0 aliphatic carbocycles. The Hall–Kier alpha value is -2.62. The van der Waals surface area contributed by atoms with Gasteiger partial charge in [-0.3, -0.25) is 9.98 Å². The molecule has 0 atom stereocenters. The van der Waals surface area contributed by atoms with E-state index in [1.807, 2.05) is 60.7 Å². The van der Waals surface area contributed by atoms with Crippen LogP contribution in [0.2, 0.25) is 20.1 Å². The summed E-state index contributed by atoms with van der Waals surface area (Å²) in [6, 6.07) is 26.6. The molecule has 0 heterocycles. The fraction of sp³-hybridized carbons (Fsp3) is 0. The first-order valence-corrected chi connectivity index (χ1v) is 11.2. The molecule has 0 radical (unpaired) electrons. The van der Waals surface area contributed by atoms with E-state index in [0.717, 1.165) is 33.6 Å². The van der Waals surface area contributed by atoms with Crippen LogP contribution >= 0.6 is 46.4 Å². The maximum Gasteiger partial charge on any atom is 0.0630 e. The van der Waals surface area contributed by atoms with Crippen molar-refractivity contribution in [2.24, 2.45) is 9.98 Å². The first-order valence-electron chi connectivity index (χ1n) is 9.67. The SMILES string of the molecule is Clc1ccc(C=Nc2ccc(-c3ccc(N=Cc4ccc(Cl)cc4Cl)cc3)cc2)c(Cl)c1. The van der Waals surface area contributed by atoms with Crippen molar-refractivity contribution in [2.75, 3.05) is 0 Å². The van der Waals surface area contributed by atoms with Gasteiger partial charge in [-0.2, -0.15) is 0 Å². The summed E-state index contributed by atoms with van der Waals surface area (Å²) in [6.07, 6.45) is 3.46. The molecule has 2 nitrogen and oxygen atoms in total. The number of hydrogen-bond donors (Lipinski definition) is 0. The number of rotatable bonds is 5. The monoisotopic (exact) mass is 496 g/mol. The largest absolute Gasteiger partial charge is 0.256 e. The summed E-state index contributed by atoms with van der Waals surface area (Å²) in [5, 5.41) is 2.34. The van der Waals surface area contributed by atoms with Crippen molar-refractivity contribution in [3.05, 3.63) is 116 Å². The predicted octanol–water partition coefficient (Wildman–Crippen LogP) is 9.47. The molecule has 4 aromatic rings. The molecule has 0 unspecified atom stereocenters. The summed E-state index contributed by atoms with van der Waals surface area (Å²) in [5.74, 6) is 0. The van der Waals surface area contributed by atoms with Crippen LogP contribution < -0.4 is 0 Å². The number of nitrogens with zero attached hydrogens (tertiary/aromatic N) is 2. The van der Waals surface area contributed by atoms with Crippen molar-refractivity contribution in [1.82, 2.24) is 0 Å². The Labute approximate surface area is 206 Å². The Morgan fingerprint density at radius 3 is 1.19 bits per heavy atom. The second-order valence-electron chi connectivity index (χ2n) is 6.94. The van der Waals surface area contributed by atoms with Gasteiger partial charge < -0.3 is 0 Å². The lowest BCUT2D eigenvalue weighted by Gasteiger charge is -2.04. The molecular weight excluding hydrogens is 482 g/mol. The first-order chi connectivity index (χ1) is 15.5. The van der Waals surface area contributed by atoms with Crippen LogP contribution in [0.4, 0.5) is 11.4 Å². The Morgan fingerprint density at radius 2 is 0.844 bits per heavy atom. The van der Waals surface area contributed by atoms with E-state index in [2.05, 4.69) is 9.98 Å². The smallest absolute Gasteiger partial charge is 0.0630 e. The third kappa shape index (κ3) is 5.79. The fourth-order valence-corrected chi connectivity index (χ4v) is 3.90. The van der Waals surface area contributed by atoms with E-state index < -0.39 is 0 Å². The molecular formula is C26H16Cl4N2. The lowest BCUT2D eigenvalue weighted by molar-refractivity contribution is 1.50. The molecule has 6 heteroatoms. The molecule has 0 spiro atoms. The highest BCUT2D eigenvalue weighted by Gasteiger charge is 2.01. The van der Waals surface area contributed by atoms with Crippen LogP contribution in [0.3, 0.4) is 0 Å². The summed E-state index contributed by atoms with van der Waals surface area (Å²) in [4.78, 5) is 8.98. The zero-order valence-corrected chi connectivity index (χ0v) is 19.7. The van der Waals surface area contributed by atoms with Gasteiger partial charge in [-0.1, -0.05) is 82.8 Å². The molecule has 0 saturated carbocycles. The van der Waals surface area contributed by atoms with Gasteiger partial charge in [0.1, 0.15) is 0 Å². The van der Waals surface area contributed by atoms with Crippen molar-refractivity contribution >= 4 is 70.2 Å². The lowest BCUT2D eigenvalue weighted by Crippen LogP contribution is -1.83. The van der Waals surface area contributed by atoms with Gasteiger partial charge in [0.15, 0.2) is 0 Å². The van der Waals surface area contributed by atoms with Crippen molar-refractivity contribution in [3.63, 3.8) is 0 Å². The number of hydrogen-bond acceptors (Lipinski definition) is 2. The van der Waals surface area contributed by atoms with E-state index >= 15 is 0 Å². The van der Waals surface area contributed by atoms with Crippen molar-refractivity contribution in [3.8, 4) is 11.1 Å². The van der Waals surface area contributed by atoms with Crippen molar-refractivity contribution < 1.29 is 0 Å². The molecule has 0 aliphatic rings. The van der Waals surface area contributed by atoms with E-state index in [1.54, 1.807) is 36.7 Å². The molecule has 0 fully saturated rings. The van der Waals surface area contributed by atoms with Crippen LogP contribution in [-0.2, 0) is 0 Å². The van der Waals surface area contributed by atoms with Gasteiger partial charge in [-0.05, 0) is 59.7 Å². The average molecular weight is 498 g/mol. The molecule has 0 N–H and O–H groups in total. The Bertz CT molecular complexity index is 1190. The second kappa shape index (κ2) is 10.3. The molecule has 0 bridgehead atoms. The zero-order chi connectivity index (χ0) is 22.5. The second-order valence-corrected chi connectivity index (χ2v) is 8.63. The van der Waals surface area contributed by atoms with Gasteiger partial charge in [0.25, 0.3) is 0 Å². The first kappa shape index (κ1) is 22.6. The van der Waals surface area contributed by atoms with Crippen molar-refractivity contribution in [2.45, 2.75) is 0 Å². The molecule has 158 valence electrons. The average Bonchev–Trinajstić information content (AvgIpc) is 2.79. The van der Waals surface area contributed by atoms with Crippen molar-refractivity contribution in [1.29, 1.82) is 0 Å². The lowest BCUT2D eigenvalue weighted by atomic mass is 10.1. The van der Waals surface area contributed by atoms with E-state index in [9.17, 15) is 0 Å². The molecule has 0 aliphatic heterocycles. The van der Waals surface area contributed by atoms with Crippen LogP contribution in [0.25, 0.3) is 11.1 Å². The normalized spacial score (nSPS) is 11.5. The number of aliphatic imine (C=N–C) groups is 2. The van der Waals surface area contributed by atoms with E-state index in [1.165, 1.54) is 0 Å². The Balaban J connectivity index is 1.45. The van der Waals surface area contributed by atoms with Gasteiger partial charge in [-0.15, -0.1) is 0 Å². The summed E-state index contributed by atoms with van der Waals surface area (Å²) < 4.78 is 0. The molecule has 32 heavy (non-hydrogen) atoms. The molecule has 4 aromatic carbocycles. The summed E-state index contributed by atoms with van der Waals surface area (Å²) in [7, 11) is 0. The highest BCUT2D eigenvalue weighted by Crippen LogP contribution is 2.26. The highest BCUT2D eigenvalue weighted by molar-refractivity contribution is 6.36. The van der Waals surface area contributed by atoms with Crippen LogP contribution in [0.15, 0.2) is 94.9 Å². The minimum absolute atomic E-state index is 0.568. The molecule has 4 rings (SSSR count). The van der Waals surface area contributed by atoms with Gasteiger partial charge >= 0.3 is 0 Å². The standard InChI is InChI=1S/C26H16Cl4N2/c27-21-7-1-19(25(29)13-21)15-31-23-9-3-17(4-10-23)18-5-11-24(12-6-18)32-16-20-2-8-22(28)14-26(20)30/h1-16H. The number of benzene rings is 4. The molecule has 0 saturated heterocycles. The maximum atomic E-state index is 6.19. The third-order valence-electron chi connectivity index (χ3n) is 4.70. The minimum atomic E-state index is 0.568. The summed E-state index contributed by atoms with van der Waals surface area (Å²) in [6.45, 7) is 0. The van der Waals surface area contributed by atoms with E-state index in [0.29, 0.717) is 20.1 Å². The van der Waals surface area contributed by atoms with Crippen LogP contribution in [0, 0.1) is 0 Å². The third-order valence-corrected chi connectivity index (χ3v) is 5.82. The van der Waals surface area contributed by atoms with Gasteiger partial charge in [0, 0.05) is 33.6 Å².